The standard InChI is InChI=1S/C15H23ClN2O/c1-11(2)14-15(19-10-6-5-9-16)18-13-8-4-3-7-12(13)17-14/h11H,3-10H2,1-2H3. The molecule has 0 N–H and O–H groups in total. The Kier molecular flexibility index (Phi) is 5.44. The molecule has 0 aliphatic heterocycles. The first-order valence-electron chi connectivity index (χ1n) is 7.30. The largest absolute Gasteiger partial charge is 0.476 e. The molecule has 0 bridgehead atoms. The number of rotatable bonds is 6. The van der Waals surface area contributed by atoms with Gasteiger partial charge in [-0.15, -0.1) is 11.6 Å². The summed E-state index contributed by atoms with van der Waals surface area (Å²) in [6, 6.07) is 0. The maximum Gasteiger partial charge on any atom is 0.236 e. The lowest BCUT2D eigenvalue weighted by Gasteiger charge is -2.19. The molecule has 0 saturated carbocycles. The Morgan fingerprint density at radius 2 is 1.79 bits per heavy atom. The van der Waals surface area contributed by atoms with Gasteiger partial charge in [-0.1, -0.05) is 13.8 Å². The highest BCUT2D eigenvalue weighted by Crippen LogP contribution is 2.27. The van der Waals surface area contributed by atoms with Crippen LogP contribution in [0, 0.1) is 0 Å². The first-order valence-corrected chi connectivity index (χ1v) is 7.84. The van der Waals surface area contributed by atoms with Crippen molar-refractivity contribution in [2.24, 2.45) is 0 Å². The van der Waals surface area contributed by atoms with Crippen LogP contribution >= 0.6 is 11.6 Å². The number of hydrogen-bond acceptors (Lipinski definition) is 3. The minimum Gasteiger partial charge on any atom is -0.476 e. The summed E-state index contributed by atoms with van der Waals surface area (Å²) in [5, 5.41) is 0. The summed E-state index contributed by atoms with van der Waals surface area (Å²) in [6.07, 6.45) is 6.51. The third-order valence-corrected chi connectivity index (χ3v) is 3.70. The van der Waals surface area contributed by atoms with Crippen molar-refractivity contribution < 1.29 is 4.74 Å². The summed E-state index contributed by atoms with van der Waals surface area (Å²) in [7, 11) is 0. The first kappa shape index (κ1) is 14.6. The average molecular weight is 283 g/mol. The van der Waals surface area contributed by atoms with Crippen molar-refractivity contribution >= 4 is 11.6 Å². The Bertz CT molecular complexity index is 421. The van der Waals surface area contributed by atoms with E-state index < -0.39 is 0 Å². The number of unbranched alkanes of at least 4 members (excludes halogenated alkanes) is 1. The van der Waals surface area contributed by atoms with E-state index in [1.54, 1.807) is 0 Å². The van der Waals surface area contributed by atoms with Gasteiger partial charge in [-0.2, -0.15) is 0 Å². The van der Waals surface area contributed by atoms with Gasteiger partial charge in [-0.05, 0) is 38.5 Å². The number of fused-ring (bicyclic) bond motifs is 1. The van der Waals surface area contributed by atoms with Crippen LogP contribution in [0.2, 0.25) is 0 Å². The summed E-state index contributed by atoms with van der Waals surface area (Å²) < 4.78 is 5.83. The van der Waals surface area contributed by atoms with Crippen LogP contribution in [-0.2, 0) is 12.8 Å². The molecule has 1 aromatic heterocycles. The second-order valence-electron chi connectivity index (χ2n) is 5.41. The van der Waals surface area contributed by atoms with E-state index in [0.717, 1.165) is 43.0 Å². The minimum atomic E-state index is 0.350. The van der Waals surface area contributed by atoms with Gasteiger partial charge in [0, 0.05) is 11.8 Å². The number of halogens is 1. The van der Waals surface area contributed by atoms with Gasteiger partial charge in [0.2, 0.25) is 5.88 Å². The van der Waals surface area contributed by atoms with Crippen molar-refractivity contribution in [2.45, 2.75) is 58.3 Å². The second-order valence-corrected chi connectivity index (χ2v) is 5.79. The van der Waals surface area contributed by atoms with Crippen LogP contribution in [0.1, 0.15) is 62.5 Å². The predicted octanol–water partition coefficient (Wildman–Crippen LogP) is 3.88. The molecule has 2 rings (SSSR count). The molecule has 0 amide bonds. The van der Waals surface area contributed by atoms with Crippen LogP contribution < -0.4 is 4.74 Å². The van der Waals surface area contributed by atoms with E-state index in [1.165, 1.54) is 18.5 Å². The lowest BCUT2D eigenvalue weighted by atomic mass is 9.99. The second kappa shape index (κ2) is 7.09. The zero-order valence-corrected chi connectivity index (χ0v) is 12.7. The monoisotopic (exact) mass is 282 g/mol. The molecule has 0 spiro atoms. The van der Waals surface area contributed by atoms with Crippen LogP contribution in [0.25, 0.3) is 0 Å². The SMILES string of the molecule is CC(C)c1nc2c(nc1OCCCCCl)CCCC2. The Morgan fingerprint density at radius 1 is 1.11 bits per heavy atom. The fraction of sp³-hybridized carbons (Fsp3) is 0.733. The minimum absolute atomic E-state index is 0.350. The van der Waals surface area contributed by atoms with Crippen LogP contribution in [-0.4, -0.2) is 22.5 Å². The summed E-state index contributed by atoms with van der Waals surface area (Å²) >= 11 is 5.68. The Morgan fingerprint density at radius 3 is 2.42 bits per heavy atom. The number of aryl methyl sites for hydroxylation is 2. The van der Waals surface area contributed by atoms with Crippen LogP contribution in [0.4, 0.5) is 0 Å². The van der Waals surface area contributed by atoms with Gasteiger partial charge in [0.25, 0.3) is 0 Å². The van der Waals surface area contributed by atoms with E-state index in [1.807, 2.05) is 0 Å². The molecule has 19 heavy (non-hydrogen) atoms. The van der Waals surface area contributed by atoms with Gasteiger partial charge in [0.1, 0.15) is 5.69 Å². The average Bonchev–Trinajstić information content (AvgIpc) is 2.42. The molecule has 1 heterocycles. The molecule has 3 nitrogen and oxygen atoms in total. The molecule has 0 fully saturated rings. The Labute approximate surface area is 120 Å². The van der Waals surface area contributed by atoms with E-state index in [4.69, 9.17) is 26.3 Å². The first-order chi connectivity index (χ1) is 9.22. The highest BCUT2D eigenvalue weighted by molar-refractivity contribution is 6.17. The van der Waals surface area contributed by atoms with E-state index in [9.17, 15) is 0 Å². The normalized spacial score (nSPS) is 14.5. The van der Waals surface area contributed by atoms with Crippen molar-refractivity contribution in [2.75, 3.05) is 12.5 Å². The van der Waals surface area contributed by atoms with E-state index in [-0.39, 0.29) is 0 Å². The topological polar surface area (TPSA) is 35.0 Å². The molecule has 4 heteroatoms. The van der Waals surface area contributed by atoms with Gasteiger partial charge >= 0.3 is 0 Å². The summed E-state index contributed by atoms with van der Waals surface area (Å²) in [5.74, 6) is 1.78. The van der Waals surface area contributed by atoms with E-state index in [2.05, 4.69) is 13.8 Å². The van der Waals surface area contributed by atoms with Crippen LogP contribution in [0.15, 0.2) is 0 Å². The molecule has 0 unspecified atom stereocenters. The molecule has 0 radical (unpaired) electrons. The number of nitrogens with zero attached hydrogens (tertiary/aromatic N) is 2. The van der Waals surface area contributed by atoms with E-state index in [0.29, 0.717) is 18.4 Å². The number of aromatic nitrogens is 2. The molecule has 0 saturated heterocycles. The van der Waals surface area contributed by atoms with Crippen molar-refractivity contribution in [3.8, 4) is 5.88 Å². The fourth-order valence-corrected chi connectivity index (χ4v) is 2.52. The van der Waals surface area contributed by atoms with Gasteiger partial charge < -0.3 is 4.74 Å². The molecule has 106 valence electrons. The number of alkyl halides is 1. The van der Waals surface area contributed by atoms with Gasteiger partial charge in [0.05, 0.1) is 18.0 Å². The number of ether oxygens (including phenoxy) is 1. The summed E-state index contributed by atoms with van der Waals surface area (Å²) in [4.78, 5) is 9.51. The highest BCUT2D eigenvalue weighted by Gasteiger charge is 2.19. The maximum atomic E-state index is 5.83. The molecule has 0 atom stereocenters. The number of hydrogen-bond donors (Lipinski definition) is 0. The molecular formula is C15H23ClN2O. The van der Waals surface area contributed by atoms with Crippen molar-refractivity contribution in [1.82, 2.24) is 9.97 Å². The van der Waals surface area contributed by atoms with Crippen molar-refractivity contribution in [3.05, 3.63) is 17.1 Å². The Balaban J connectivity index is 2.14. The third-order valence-electron chi connectivity index (χ3n) is 3.43. The van der Waals surface area contributed by atoms with Gasteiger partial charge in [-0.3, -0.25) is 4.98 Å². The van der Waals surface area contributed by atoms with Crippen LogP contribution in [0.3, 0.4) is 0 Å². The van der Waals surface area contributed by atoms with Gasteiger partial charge in [0.15, 0.2) is 0 Å². The van der Waals surface area contributed by atoms with Gasteiger partial charge in [-0.25, -0.2) is 4.98 Å². The van der Waals surface area contributed by atoms with Crippen molar-refractivity contribution in [3.63, 3.8) is 0 Å². The smallest absolute Gasteiger partial charge is 0.236 e. The lowest BCUT2D eigenvalue weighted by molar-refractivity contribution is 0.289. The van der Waals surface area contributed by atoms with E-state index >= 15 is 0 Å². The zero-order chi connectivity index (χ0) is 13.7. The van der Waals surface area contributed by atoms with Crippen molar-refractivity contribution in [1.29, 1.82) is 0 Å². The molecule has 1 aliphatic rings. The zero-order valence-electron chi connectivity index (χ0n) is 11.9. The Hall–Kier alpha value is -0.830. The quantitative estimate of drug-likeness (QED) is 0.587. The predicted molar refractivity (Wildman–Crippen MR) is 78.2 cm³/mol. The molecular weight excluding hydrogens is 260 g/mol. The molecule has 1 aromatic rings. The summed E-state index contributed by atoms with van der Waals surface area (Å²) in [6.45, 7) is 4.97. The maximum absolute atomic E-state index is 5.83. The fourth-order valence-electron chi connectivity index (χ4n) is 2.34. The molecule has 1 aliphatic carbocycles. The lowest BCUT2D eigenvalue weighted by Crippen LogP contribution is -2.14. The van der Waals surface area contributed by atoms with Crippen LogP contribution in [0.5, 0.6) is 5.88 Å². The highest BCUT2D eigenvalue weighted by atomic mass is 35.5. The third kappa shape index (κ3) is 3.82. The summed E-state index contributed by atoms with van der Waals surface area (Å²) in [5.41, 5.74) is 3.33. The molecule has 0 aromatic carbocycles.